The van der Waals surface area contributed by atoms with Gasteiger partial charge in [0.15, 0.2) is 0 Å². The molecular weight excluding hydrogens is 204 g/mol. The van der Waals surface area contributed by atoms with Gasteiger partial charge in [0.05, 0.1) is 5.60 Å². The van der Waals surface area contributed by atoms with Crippen molar-refractivity contribution in [1.82, 2.24) is 4.90 Å². The zero-order chi connectivity index (χ0) is 12.0. The van der Waals surface area contributed by atoms with Crippen LogP contribution in [-0.4, -0.2) is 43.7 Å². The summed E-state index contributed by atoms with van der Waals surface area (Å²) in [4.78, 5) is 13.0. The summed E-state index contributed by atoms with van der Waals surface area (Å²) in [5.41, 5.74) is 5.57. The van der Waals surface area contributed by atoms with E-state index in [0.29, 0.717) is 6.54 Å². The molecule has 0 heterocycles. The molecule has 0 aromatic heterocycles. The Labute approximate surface area is 98.1 Å². The van der Waals surface area contributed by atoms with Gasteiger partial charge in [-0.15, -0.1) is 0 Å². The molecule has 1 rings (SSSR count). The Balaban J connectivity index is 2.48. The van der Waals surface area contributed by atoms with Gasteiger partial charge in [0.1, 0.15) is 6.61 Å². The van der Waals surface area contributed by atoms with Crippen molar-refractivity contribution in [3.8, 4) is 0 Å². The highest BCUT2D eigenvalue weighted by Gasteiger charge is 2.31. The molecule has 0 atom stereocenters. The van der Waals surface area contributed by atoms with Crippen LogP contribution < -0.4 is 5.73 Å². The second-order valence-corrected chi connectivity index (χ2v) is 4.88. The molecule has 16 heavy (non-hydrogen) atoms. The second-order valence-electron chi connectivity index (χ2n) is 4.88. The molecule has 0 aromatic carbocycles. The predicted molar refractivity (Wildman–Crippen MR) is 64.1 cm³/mol. The molecule has 2 N–H and O–H groups in total. The first-order valence-electron chi connectivity index (χ1n) is 6.14. The van der Waals surface area contributed by atoms with Crippen LogP contribution in [0.5, 0.6) is 0 Å². The lowest BCUT2D eigenvalue weighted by atomic mass is 9.94. The lowest BCUT2D eigenvalue weighted by molar-refractivity contribution is -0.141. The van der Waals surface area contributed by atoms with Gasteiger partial charge < -0.3 is 15.4 Å². The minimum absolute atomic E-state index is 0.0112. The minimum Gasteiger partial charge on any atom is -0.364 e. The first-order chi connectivity index (χ1) is 7.59. The molecule has 0 spiro atoms. The van der Waals surface area contributed by atoms with Crippen LogP contribution in [-0.2, 0) is 9.53 Å². The van der Waals surface area contributed by atoms with Gasteiger partial charge in [-0.05, 0) is 12.8 Å². The zero-order valence-corrected chi connectivity index (χ0v) is 10.5. The smallest absolute Gasteiger partial charge is 0.248 e. The van der Waals surface area contributed by atoms with Crippen molar-refractivity contribution in [3.63, 3.8) is 0 Å². The third-order valence-electron chi connectivity index (χ3n) is 3.39. The van der Waals surface area contributed by atoms with Gasteiger partial charge in [-0.2, -0.15) is 0 Å². The summed E-state index contributed by atoms with van der Waals surface area (Å²) in [6.07, 6.45) is 6.81. The van der Waals surface area contributed by atoms with E-state index in [0.717, 1.165) is 25.7 Å². The monoisotopic (exact) mass is 228 g/mol. The molecule has 1 amide bonds. The van der Waals surface area contributed by atoms with E-state index in [4.69, 9.17) is 10.5 Å². The number of carbonyl (C=O) groups is 1. The quantitative estimate of drug-likeness (QED) is 0.734. The second kappa shape index (κ2) is 6.21. The maximum absolute atomic E-state index is 11.5. The number of hydrogen-bond donors (Lipinski definition) is 1. The van der Waals surface area contributed by atoms with Crippen molar-refractivity contribution in [2.75, 3.05) is 27.2 Å². The Morgan fingerprint density at radius 1 is 1.25 bits per heavy atom. The molecule has 0 radical (unpaired) electrons. The minimum atomic E-state index is -0.248. The summed E-state index contributed by atoms with van der Waals surface area (Å²) in [5.74, 6) is 0.0112. The summed E-state index contributed by atoms with van der Waals surface area (Å²) in [7, 11) is 3.49. The van der Waals surface area contributed by atoms with E-state index < -0.39 is 0 Å². The van der Waals surface area contributed by atoms with E-state index in [1.165, 1.54) is 12.8 Å². The average Bonchev–Trinajstić information content (AvgIpc) is 2.52. The predicted octanol–water partition coefficient (Wildman–Crippen LogP) is 1.14. The topological polar surface area (TPSA) is 55.6 Å². The first-order valence-corrected chi connectivity index (χ1v) is 6.14. The number of nitrogens with two attached hydrogens (primary N) is 1. The standard InChI is InChI=1S/C12H24N2O2/c1-14(2)11(15)9-16-12(10-13)7-5-3-4-6-8-12/h3-10,13H2,1-2H3. The van der Waals surface area contributed by atoms with Crippen LogP contribution in [0.4, 0.5) is 0 Å². The summed E-state index contributed by atoms with van der Waals surface area (Å²) < 4.78 is 5.81. The Bertz CT molecular complexity index is 221. The molecule has 0 aliphatic heterocycles. The highest BCUT2D eigenvalue weighted by Crippen LogP contribution is 2.29. The molecule has 0 unspecified atom stereocenters. The molecule has 0 bridgehead atoms. The lowest BCUT2D eigenvalue weighted by Gasteiger charge is -2.31. The normalized spacial score (nSPS) is 20.2. The summed E-state index contributed by atoms with van der Waals surface area (Å²) in [6, 6.07) is 0. The van der Waals surface area contributed by atoms with Crippen molar-refractivity contribution < 1.29 is 9.53 Å². The molecule has 0 aromatic rings. The van der Waals surface area contributed by atoms with Crippen LogP contribution in [0.3, 0.4) is 0 Å². The van der Waals surface area contributed by atoms with Gasteiger partial charge in [-0.1, -0.05) is 25.7 Å². The molecule has 4 nitrogen and oxygen atoms in total. The van der Waals surface area contributed by atoms with Crippen molar-refractivity contribution in [2.45, 2.75) is 44.1 Å². The largest absolute Gasteiger partial charge is 0.364 e. The van der Waals surface area contributed by atoms with E-state index in [1.54, 1.807) is 19.0 Å². The summed E-state index contributed by atoms with van der Waals surface area (Å²) >= 11 is 0. The third-order valence-corrected chi connectivity index (χ3v) is 3.39. The highest BCUT2D eigenvalue weighted by atomic mass is 16.5. The van der Waals surface area contributed by atoms with Gasteiger partial charge in [0.25, 0.3) is 0 Å². The van der Waals surface area contributed by atoms with Crippen LogP contribution in [0.2, 0.25) is 0 Å². The zero-order valence-electron chi connectivity index (χ0n) is 10.5. The first kappa shape index (κ1) is 13.5. The Hall–Kier alpha value is -0.610. The maximum atomic E-state index is 11.5. The number of carbonyl (C=O) groups excluding carboxylic acids is 1. The van der Waals surface area contributed by atoms with Gasteiger partial charge in [-0.25, -0.2) is 0 Å². The average molecular weight is 228 g/mol. The van der Waals surface area contributed by atoms with Crippen LogP contribution in [0.15, 0.2) is 0 Å². The van der Waals surface area contributed by atoms with Gasteiger partial charge in [-0.3, -0.25) is 4.79 Å². The van der Waals surface area contributed by atoms with E-state index >= 15 is 0 Å². The number of amides is 1. The number of likely N-dealkylation sites (N-methyl/N-ethyl adjacent to an activating group) is 1. The number of rotatable bonds is 4. The number of hydrogen-bond acceptors (Lipinski definition) is 3. The molecule has 1 aliphatic rings. The van der Waals surface area contributed by atoms with Crippen LogP contribution in [0, 0.1) is 0 Å². The van der Waals surface area contributed by atoms with E-state index in [-0.39, 0.29) is 18.1 Å². The highest BCUT2D eigenvalue weighted by molar-refractivity contribution is 5.76. The number of ether oxygens (including phenoxy) is 1. The van der Waals surface area contributed by atoms with Crippen molar-refractivity contribution in [1.29, 1.82) is 0 Å². The Kier molecular flexibility index (Phi) is 5.22. The van der Waals surface area contributed by atoms with Crippen molar-refractivity contribution in [2.24, 2.45) is 5.73 Å². The third kappa shape index (κ3) is 3.76. The van der Waals surface area contributed by atoms with E-state index in [2.05, 4.69) is 0 Å². The molecule has 1 fully saturated rings. The Morgan fingerprint density at radius 2 is 1.81 bits per heavy atom. The van der Waals surface area contributed by atoms with E-state index in [1.807, 2.05) is 0 Å². The summed E-state index contributed by atoms with van der Waals surface area (Å²) in [6.45, 7) is 0.678. The number of nitrogens with zero attached hydrogens (tertiary/aromatic N) is 1. The van der Waals surface area contributed by atoms with Crippen LogP contribution >= 0.6 is 0 Å². The van der Waals surface area contributed by atoms with Gasteiger partial charge in [0, 0.05) is 20.6 Å². The van der Waals surface area contributed by atoms with Crippen LogP contribution in [0.1, 0.15) is 38.5 Å². The van der Waals surface area contributed by atoms with Crippen molar-refractivity contribution >= 4 is 5.91 Å². The molecular formula is C12H24N2O2. The molecule has 4 heteroatoms. The molecule has 0 saturated heterocycles. The van der Waals surface area contributed by atoms with Gasteiger partial charge >= 0.3 is 0 Å². The van der Waals surface area contributed by atoms with Crippen LogP contribution in [0.25, 0.3) is 0 Å². The fourth-order valence-electron chi connectivity index (χ4n) is 2.12. The fraction of sp³-hybridized carbons (Fsp3) is 0.917. The fourth-order valence-corrected chi connectivity index (χ4v) is 2.12. The van der Waals surface area contributed by atoms with Crippen molar-refractivity contribution in [3.05, 3.63) is 0 Å². The van der Waals surface area contributed by atoms with E-state index in [9.17, 15) is 4.79 Å². The molecule has 1 saturated carbocycles. The molecule has 1 aliphatic carbocycles. The summed E-state index contributed by atoms with van der Waals surface area (Å²) in [5, 5.41) is 0. The lowest BCUT2D eigenvalue weighted by Crippen LogP contribution is -2.43. The SMILES string of the molecule is CN(C)C(=O)COC1(CN)CCCCCC1. The Morgan fingerprint density at radius 3 is 2.25 bits per heavy atom. The van der Waals surface area contributed by atoms with Gasteiger partial charge in [0.2, 0.25) is 5.91 Å². The molecule has 94 valence electrons. The maximum Gasteiger partial charge on any atom is 0.248 e.